The van der Waals surface area contributed by atoms with Gasteiger partial charge in [-0.05, 0) is 13.3 Å². The fourth-order valence-electron chi connectivity index (χ4n) is 1.45. The molecule has 80 valence electrons. The monoisotopic (exact) mass is 213 g/mol. The van der Waals surface area contributed by atoms with Gasteiger partial charge in [-0.1, -0.05) is 13.3 Å². The quantitative estimate of drug-likeness (QED) is 0.757. The van der Waals surface area contributed by atoms with Crippen molar-refractivity contribution in [2.75, 3.05) is 6.54 Å². The van der Waals surface area contributed by atoms with E-state index in [-0.39, 0.29) is 5.54 Å². The van der Waals surface area contributed by atoms with Crippen LogP contribution >= 0.6 is 11.3 Å². The maximum absolute atomic E-state index is 6.09. The second-order valence-corrected chi connectivity index (χ2v) is 4.91. The van der Waals surface area contributed by atoms with E-state index in [4.69, 9.17) is 5.73 Å². The average molecular weight is 213 g/mol. The molecule has 0 fully saturated rings. The minimum absolute atomic E-state index is 0.0913. The van der Waals surface area contributed by atoms with E-state index in [2.05, 4.69) is 24.1 Å². The van der Waals surface area contributed by atoms with Crippen LogP contribution in [-0.4, -0.2) is 17.1 Å². The van der Waals surface area contributed by atoms with Gasteiger partial charge in [0.2, 0.25) is 0 Å². The minimum Gasteiger partial charge on any atom is -0.324 e. The third-order valence-corrected chi connectivity index (χ3v) is 2.89. The maximum Gasteiger partial charge on any atom is 0.106 e. The van der Waals surface area contributed by atoms with Crippen molar-refractivity contribution >= 4 is 11.3 Å². The van der Waals surface area contributed by atoms with Gasteiger partial charge < -0.3 is 11.1 Å². The number of nitrogens with two attached hydrogens (primary N) is 1. The van der Waals surface area contributed by atoms with E-state index in [1.54, 1.807) is 11.3 Å². The lowest BCUT2D eigenvalue weighted by Crippen LogP contribution is -2.45. The molecule has 0 saturated carbocycles. The molecule has 0 saturated heterocycles. The topological polar surface area (TPSA) is 50.9 Å². The molecule has 0 radical (unpaired) electrons. The van der Waals surface area contributed by atoms with Gasteiger partial charge in [-0.15, -0.1) is 11.3 Å². The molecular weight excluding hydrogens is 194 g/mol. The van der Waals surface area contributed by atoms with Crippen LogP contribution in [0, 0.1) is 0 Å². The fourth-order valence-corrected chi connectivity index (χ4v) is 2.04. The van der Waals surface area contributed by atoms with Gasteiger partial charge in [0, 0.05) is 30.2 Å². The lowest BCUT2D eigenvalue weighted by atomic mass is 9.98. The first-order valence-electron chi connectivity index (χ1n) is 5.02. The molecule has 0 aliphatic rings. The third-order valence-electron chi connectivity index (χ3n) is 2.11. The molecule has 0 aliphatic carbocycles. The van der Waals surface area contributed by atoms with E-state index in [1.807, 2.05) is 11.6 Å². The molecule has 1 atom stereocenters. The van der Waals surface area contributed by atoms with E-state index in [0.29, 0.717) is 0 Å². The van der Waals surface area contributed by atoms with E-state index in [0.717, 1.165) is 30.9 Å². The van der Waals surface area contributed by atoms with Gasteiger partial charge in [-0.2, -0.15) is 0 Å². The standard InChI is InChI=1S/C10H19N3S/c1-3-4-10(2,11)8-12-7-9-13-5-6-14-9/h5-6,12H,3-4,7-8,11H2,1-2H3. The molecule has 0 aromatic carbocycles. The molecule has 4 heteroatoms. The molecule has 1 unspecified atom stereocenters. The number of rotatable bonds is 6. The van der Waals surface area contributed by atoms with Crippen LogP contribution < -0.4 is 11.1 Å². The second kappa shape index (κ2) is 5.44. The van der Waals surface area contributed by atoms with Crippen molar-refractivity contribution in [1.29, 1.82) is 0 Å². The Morgan fingerprint density at radius 1 is 1.64 bits per heavy atom. The normalized spacial score (nSPS) is 15.4. The summed E-state index contributed by atoms with van der Waals surface area (Å²) in [6.07, 6.45) is 4.01. The van der Waals surface area contributed by atoms with Gasteiger partial charge in [0.05, 0.1) is 0 Å². The highest BCUT2D eigenvalue weighted by Gasteiger charge is 2.16. The van der Waals surface area contributed by atoms with Gasteiger partial charge in [0.1, 0.15) is 5.01 Å². The Hall–Kier alpha value is -0.450. The average Bonchev–Trinajstić information content (AvgIpc) is 2.56. The summed E-state index contributed by atoms with van der Waals surface area (Å²) in [6.45, 7) is 5.92. The molecule has 3 N–H and O–H groups in total. The van der Waals surface area contributed by atoms with Crippen LogP contribution in [-0.2, 0) is 6.54 Å². The summed E-state index contributed by atoms with van der Waals surface area (Å²) >= 11 is 1.67. The van der Waals surface area contributed by atoms with Crippen LogP contribution in [0.2, 0.25) is 0 Å². The molecular formula is C10H19N3S. The molecule has 1 rings (SSSR count). The Morgan fingerprint density at radius 3 is 3.00 bits per heavy atom. The summed E-state index contributed by atoms with van der Waals surface area (Å²) in [4.78, 5) is 4.20. The van der Waals surface area contributed by atoms with Crippen molar-refractivity contribution in [3.8, 4) is 0 Å². The van der Waals surface area contributed by atoms with Crippen LogP contribution in [0.5, 0.6) is 0 Å². The number of hydrogen-bond acceptors (Lipinski definition) is 4. The number of hydrogen-bond donors (Lipinski definition) is 2. The van der Waals surface area contributed by atoms with Crippen LogP contribution in [0.1, 0.15) is 31.7 Å². The van der Waals surface area contributed by atoms with Crippen molar-refractivity contribution in [2.24, 2.45) is 5.73 Å². The summed E-state index contributed by atoms with van der Waals surface area (Å²) in [5, 5.41) is 6.45. The smallest absolute Gasteiger partial charge is 0.106 e. The lowest BCUT2D eigenvalue weighted by Gasteiger charge is -2.24. The Kier molecular flexibility index (Phi) is 4.51. The highest BCUT2D eigenvalue weighted by Crippen LogP contribution is 2.08. The highest BCUT2D eigenvalue weighted by molar-refractivity contribution is 7.09. The van der Waals surface area contributed by atoms with Gasteiger partial charge in [-0.25, -0.2) is 4.98 Å². The zero-order valence-electron chi connectivity index (χ0n) is 8.92. The molecule has 1 aromatic rings. The predicted molar refractivity (Wildman–Crippen MR) is 61.3 cm³/mol. The zero-order valence-corrected chi connectivity index (χ0v) is 9.73. The summed E-state index contributed by atoms with van der Waals surface area (Å²) in [7, 11) is 0. The maximum atomic E-state index is 6.09. The Balaban J connectivity index is 2.20. The predicted octanol–water partition coefficient (Wildman–Crippen LogP) is 1.75. The summed E-state index contributed by atoms with van der Waals surface area (Å²) in [5.41, 5.74) is 6.00. The lowest BCUT2D eigenvalue weighted by molar-refractivity contribution is 0.396. The Labute approximate surface area is 89.7 Å². The summed E-state index contributed by atoms with van der Waals surface area (Å²) < 4.78 is 0. The first-order chi connectivity index (χ1) is 6.64. The molecule has 0 spiro atoms. The van der Waals surface area contributed by atoms with E-state index in [9.17, 15) is 0 Å². The SMILES string of the molecule is CCCC(C)(N)CNCc1nccs1. The molecule has 0 aliphatic heterocycles. The van der Waals surface area contributed by atoms with Gasteiger partial charge in [0.15, 0.2) is 0 Å². The van der Waals surface area contributed by atoms with Crippen molar-refractivity contribution in [1.82, 2.24) is 10.3 Å². The molecule has 0 bridgehead atoms. The molecule has 0 amide bonds. The van der Waals surface area contributed by atoms with E-state index in [1.165, 1.54) is 0 Å². The van der Waals surface area contributed by atoms with Crippen LogP contribution in [0.3, 0.4) is 0 Å². The van der Waals surface area contributed by atoms with Crippen LogP contribution in [0.25, 0.3) is 0 Å². The number of thiazole rings is 1. The molecule has 1 heterocycles. The van der Waals surface area contributed by atoms with Gasteiger partial charge in [0.25, 0.3) is 0 Å². The molecule has 1 aromatic heterocycles. The van der Waals surface area contributed by atoms with Crippen molar-refractivity contribution < 1.29 is 0 Å². The number of nitrogens with one attached hydrogen (secondary N) is 1. The summed E-state index contributed by atoms with van der Waals surface area (Å²) in [6, 6.07) is 0. The van der Waals surface area contributed by atoms with Gasteiger partial charge >= 0.3 is 0 Å². The Bertz CT molecular complexity index is 244. The minimum atomic E-state index is -0.0913. The number of nitrogens with zero attached hydrogens (tertiary/aromatic N) is 1. The summed E-state index contributed by atoms with van der Waals surface area (Å²) in [5.74, 6) is 0. The van der Waals surface area contributed by atoms with Crippen molar-refractivity contribution in [3.63, 3.8) is 0 Å². The van der Waals surface area contributed by atoms with Gasteiger partial charge in [-0.3, -0.25) is 0 Å². The first-order valence-corrected chi connectivity index (χ1v) is 5.90. The highest BCUT2D eigenvalue weighted by atomic mass is 32.1. The largest absolute Gasteiger partial charge is 0.324 e. The van der Waals surface area contributed by atoms with E-state index < -0.39 is 0 Å². The first kappa shape index (κ1) is 11.6. The second-order valence-electron chi connectivity index (χ2n) is 3.93. The zero-order chi connectivity index (χ0) is 10.4. The van der Waals surface area contributed by atoms with Crippen LogP contribution in [0.4, 0.5) is 0 Å². The van der Waals surface area contributed by atoms with Crippen molar-refractivity contribution in [3.05, 3.63) is 16.6 Å². The van der Waals surface area contributed by atoms with E-state index >= 15 is 0 Å². The fraction of sp³-hybridized carbons (Fsp3) is 0.700. The number of aromatic nitrogens is 1. The Morgan fingerprint density at radius 2 is 2.43 bits per heavy atom. The molecule has 14 heavy (non-hydrogen) atoms. The third kappa shape index (κ3) is 4.17. The van der Waals surface area contributed by atoms with Crippen LogP contribution in [0.15, 0.2) is 11.6 Å². The molecule has 3 nitrogen and oxygen atoms in total. The van der Waals surface area contributed by atoms with Crippen molar-refractivity contribution in [2.45, 2.75) is 38.8 Å².